The zero-order valence-electron chi connectivity index (χ0n) is 14.5. The predicted molar refractivity (Wildman–Crippen MR) is 96.9 cm³/mol. The topological polar surface area (TPSA) is 51.2 Å². The van der Waals surface area contributed by atoms with Crippen LogP contribution in [0.15, 0.2) is 66.9 Å². The number of carbonyl (C=O) groups excluding carboxylic acids is 1. The Kier molecular flexibility index (Phi) is 6.10. The van der Waals surface area contributed by atoms with E-state index in [9.17, 15) is 13.6 Å². The summed E-state index contributed by atoms with van der Waals surface area (Å²) in [6.07, 6.45) is 1.66. The van der Waals surface area contributed by atoms with Crippen molar-refractivity contribution in [3.05, 3.63) is 95.2 Å². The molecule has 1 aromatic heterocycles. The van der Waals surface area contributed by atoms with Crippen LogP contribution in [0.4, 0.5) is 8.78 Å². The molecule has 0 saturated heterocycles. The van der Waals surface area contributed by atoms with Crippen LogP contribution >= 0.6 is 0 Å². The molecule has 0 unspecified atom stereocenters. The molecule has 0 aliphatic rings. The highest BCUT2D eigenvalue weighted by Crippen LogP contribution is 2.14. The SMILES string of the molecule is O=C(Cc1cccc(F)c1)NCc1ccnc(OCc2ccccc2F)c1. The molecule has 1 N–H and O–H groups in total. The van der Waals surface area contributed by atoms with Crippen LogP contribution in [-0.2, 0) is 24.4 Å². The monoisotopic (exact) mass is 368 g/mol. The normalized spacial score (nSPS) is 10.4. The molecule has 0 saturated carbocycles. The van der Waals surface area contributed by atoms with E-state index in [0.717, 1.165) is 5.56 Å². The summed E-state index contributed by atoms with van der Waals surface area (Å²) in [5.74, 6) is -0.578. The van der Waals surface area contributed by atoms with Crippen molar-refractivity contribution >= 4 is 5.91 Å². The first-order valence-corrected chi connectivity index (χ1v) is 8.42. The molecule has 0 atom stereocenters. The van der Waals surface area contributed by atoms with Crippen molar-refractivity contribution in [1.29, 1.82) is 0 Å². The Balaban J connectivity index is 1.53. The molecule has 1 amide bonds. The molecule has 0 aliphatic heterocycles. The van der Waals surface area contributed by atoms with E-state index < -0.39 is 0 Å². The largest absolute Gasteiger partial charge is 0.473 e. The van der Waals surface area contributed by atoms with Gasteiger partial charge in [0.1, 0.15) is 18.2 Å². The zero-order valence-corrected chi connectivity index (χ0v) is 14.5. The van der Waals surface area contributed by atoms with Crippen LogP contribution in [0.3, 0.4) is 0 Å². The molecule has 0 bridgehead atoms. The fourth-order valence-corrected chi connectivity index (χ4v) is 2.50. The number of rotatable bonds is 7. The number of nitrogens with zero attached hydrogens (tertiary/aromatic N) is 1. The average molecular weight is 368 g/mol. The lowest BCUT2D eigenvalue weighted by molar-refractivity contribution is -0.120. The summed E-state index contributed by atoms with van der Waals surface area (Å²) >= 11 is 0. The van der Waals surface area contributed by atoms with Gasteiger partial charge in [0.05, 0.1) is 6.42 Å². The molecule has 0 spiro atoms. The van der Waals surface area contributed by atoms with Crippen LogP contribution in [0.2, 0.25) is 0 Å². The Labute approximate surface area is 155 Å². The summed E-state index contributed by atoms with van der Waals surface area (Å²) in [6, 6.07) is 15.7. The molecule has 3 rings (SSSR count). The van der Waals surface area contributed by atoms with Crippen molar-refractivity contribution in [3.63, 3.8) is 0 Å². The third-order valence-electron chi connectivity index (χ3n) is 3.88. The van der Waals surface area contributed by atoms with Crippen molar-refractivity contribution in [2.75, 3.05) is 0 Å². The summed E-state index contributed by atoms with van der Waals surface area (Å²) < 4.78 is 32.3. The van der Waals surface area contributed by atoms with Gasteiger partial charge in [0, 0.05) is 24.4 Å². The summed E-state index contributed by atoms with van der Waals surface area (Å²) in [5.41, 5.74) is 1.84. The molecule has 2 aromatic carbocycles. The first kappa shape index (κ1) is 18.5. The zero-order chi connectivity index (χ0) is 19.1. The van der Waals surface area contributed by atoms with E-state index in [-0.39, 0.29) is 37.1 Å². The molecule has 138 valence electrons. The van der Waals surface area contributed by atoms with Crippen molar-refractivity contribution in [1.82, 2.24) is 10.3 Å². The lowest BCUT2D eigenvalue weighted by Crippen LogP contribution is -2.24. The van der Waals surface area contributed by atoms with E-state index in [0.29, 0.717) is 17.0 Å². The smallest absolute Gasteiger partial charge is 0.224 e. The average Bonchev–Trinajstić information content (AvgIpc) is 2.66. The van der Waals surface area contributed by atoms with Gasteiger partial charge in [-0.25, -0.2) is 13.8 Å². The molecule has 0 radical (unpaired) electrons. The van der Waals surface area contributed by atoms with Crippen molar-refractivity contribution in [2.45, 2.75) is 19.6 Å². The number of aromatic nitrogens is 1. The number of nitrogens with one attached hydrogen (secondary N) is 1. The van der Waals surface area contributed by atoms with Crippen molar-refractivity contribution in [2.24, 2.45) is 0 Å². The van der Waals surface area contributed by atoms with Gasteiger partial charge in [-0.15, -0.1) is 0 Å². The van der Waals surface area contributed by atoms with Crippen LogP contribution in [0.5, 0.6) is 5.88 Å². The number of carbonyl (C=O) groups is 1. The molecule has 0 aliphatic carbocycles. The number of amides is 1. The predicted octanol–water partition coefficient (Wildman–Crippen LogP) is 3.80. The number of ether oxygens (including phenoxy) is 1. The number of hydrogen-bond acceptors (Lipinski definition) is 3. The molecular weight excluding hydrogens is 350 g/mol. The fraction of sp³-hybridized carbons (Fsp3) is 0.143. The van der Waals surface area contributed by atoms with Crippen LogP contribution < -0.4 is 10.1 Å². The van der Waals surface area contributed by atoms with Gasteiger partial charge in [0.2, 0.25) is 11.8 Å². The number of halogens is 2. The Morgan fingerprint density at radius 3 is 2.67 bits per heavy atom. The molecule has 6 heteroatoms. The lowest BCUT2D eigenvalue weighted by Gasteiger charge is -2.09. The third kappa shape index (κ3) is 5.60. The molecule has 3 aromatic rings. The van der Waals surface area contributed by atoms with Gasteiger partial charge in [-0.3, -0.25) is 4.79 Å². The van der Waals surface area contributed by atoms with Crippen LogP contribution in [-0.4, -0.2) is 10.9 Å². The van der Waals surface area contributed by atoms with Gasteiger partial charge in [0.15, 0.2) is 0 Å². The van der Waals surface area contributed by atoms with E-state index in [4.69, 9.17) is 4.74 Å². The highest BCUT2D eigenvalue weighted by molar-refractivity contribution is 5.78. The highest BCUT2D eigenvalue weighted by Gasteiger charge is 2.06. The van der Waals surface area contributed by atoms with Crippen LogP contribution in [0.25, 0.3) is 0 Å². The Morgan fingerprint density at radius 1 is 1.00 bits per heavy atom. The third-order valence-corrected chi connectivity index (χ3v) is 3.88. The van der Waals surface area contributed by atoms with E-state index in [1.54, 1.807) is 48.7 Å². The van der Waals surface area contributed by atoms with E-state index in [1.807, 2.05) is 0 Å². The fourth-order valence-electron chi connectivity index (χ4n) is 2.50. The van der Waals surface area contributed by atoms with Gasteiger partial charge < -0.3 is 10.1 Å². The van der Waals surface area contributed by atoms with E-state index in [2.05, 4.69) is 10.3 Å². The Hall–Kier alpha value is -3.28. The van der Waals surface area contributed by atoms with Gasteiger partial charge >= 0.3 is 0 Å². The first-order chi connectivity index (χ1) is 13.1. The minimum atomic E-state index is -0.369. The summed E-state index contributed by atoms with van der Waals surface area (Å²) in [6.45, 7) is 0.349. The van der Waals surface area contributed by atoms with E-state index in [1.165, 1.54) is 18.2 Å². The van der Waals surface area contributed by atoms with E-state index >= 15 is 0 Å². The quantitative estimate of drug-likeness (QED) is 0.690. The maximum atomic E-state index is 13.6. The number of pyridine rings is 1. The summed E-state index contributed by atoms with van der Waals surface area (Å²) in [5, 5.41) is 2.77. The second-order valence-electron chi connectivity index (χ2n) is 5.97. The standard InChI is InChI=1S/C21H18F2N2O2/c22-18-6-3-4-15(10-18)11-20(26)25-13-16-8-9-24-21(12-16)27-14-17-5-1-2-7-19(17)23/h1-10,12H,11,13-14H2,(H,25,26). The number of hydrogen-bond donors (Lipinski definition) is 1. The Morgan fingerprint density at radius 2 is 1.85 bits per heavy atom. The van der Waals surface area contributed by atoms with Crippen LogP contribution in [0, 0.1) is 11.6 Å². The maximum Gasteiger partial charge on any atom is 0.224 e. The molecule has 4 nitrogen and oxygen atoms in total. The molecule has 0 fully saturated rings. The van der Waals surface area contributed by atoms with Crippen molar-refractivity contribution < 1.29 is 18.3 Å². The molecule has 27 heavy (non-hydrogen) atoms. The first-order valence-electron chi connectivity index (χ1n) is 8.42. The second kappa shape index (κ2) is 8.89. The number of benzene rings is 2. The maximum absolute atomic E-state index is 13.6. The Bertz CT molecular complexity index is 931. The highest BCUT2D eigenvalue weighted by atomic mass is 19.1. The van der Waals surface area contributed by atoms with Crippen molar-refractivity contribution in [3.8, 4) is 5.88 Å². The molecule has 1 heterocycles. The van der Waals surface area contributed by atoms with Crippen LogP contribution in [0.1, 0.15) is 16.7 Å². The van der Waals surface area contributed by atoms with Gasteiger partial charge in [0.25, 0.3) is 0 Å². The summed E-state index contributed by atoms with van der Waals surface area (Å²) in [7, 11) is 0. The second-order valence-corrected chi connectivity index (χ2v) is 5.97. The molecular formula is C21H18F2N2O2. The lowest BCUT2D eigenvalue weighted by atomic mass is 10.1. The van der Waals surface area contributed by atoms with Gasteiger partial charge in [-0.05, 0) is 35.4 Å². The van der Waals surface area contributed by atoms with Gasteiger partial charge in [-0.2, -0.15) is 0 Å². The minimum absolute atomic E-state index is 0.0645. The minimum Gasteiger partial charge on any atom is -0.473 e. The summed E-state index contributed by atoms with van der Waals surface area (Å²) in [4.78, 5) is 16.1. The van der Waals surface area contributed by atoms with Gasteiger partial charge in [-0.1, -0.05) is 30.3 Å².